The number of hydrogen-bond donors (Lipinski definition) is 2. The number of primary amides is 1. The van der Waals surface area contributed by atoms with E-state index in [1.54, 1.807) is 13.0 Å². The summed E-state index contributed by atoms with van der Waals surface area (Å²) in [5.74, 6) is -0.190. The predicted molar refractivity (Wildman–Crippen MR) is 122 cm³/mol. The number of rotatable bonds is 5. The lowest BCUT2D eigenvalue weighted by atomic mass is 10.1. The Kier molecular flexibility index (Phi) is 6.15. The number of anilines is 1. The van der Waals surface area contributed by atoms with E-state index < -0.39 is 28.0 Å². The fourth-order valence-corrected chi connectivity index (χ4v) is 5.76. The summed E-state index contributed by atoms with van der Waals surface area (Å²) in [5, 5.41) is 5.24. The number of fused-ring (bicyclic) bond motifs is 1. The topological polar surface area (TPSA) is 105 Å². The van der Waals surface area contributed by atoms with Crippen molar-refractivity contribution < 1.29 is 22.3 Å². The normalized spacial score (nSPS) is 19.6. The summed E-state index contributed by atoms with van der Waals surface area (Å²) in [6.45, 7) is 2.85. The molecule has 2 aliphatic rings. The van der Waals surface area contributed by atoms with Crippen molar-refractivity contribution in [1.82, 2.24) is 9.21 Å². The second-order valence-corrected chi connectivity index (χ2v) is 10.9. The molecular weight excluding hydrogens is 455 g/mol. The molecule has 32 heavy (non-hydrogen) atoms. The highest BCUT2D eigenvalue weighted by Crippen LogP contribution is 2.38. The van der Waals surface area contributed by atoms with Gasteiger partial charge in [-0.15, -0.1) is 11.3 Å². The Morgan fingerprint density at radius 1 is 1.34 bits per heavy atom. The number of halogens is 1. The van der Waals surface area contributed by atoms with Gasteiger partial charge in [-0.3, -0.25) is 4.90 Å². The van der Waals surface area contributed by atoms with E-state index in [2.05, 4.69) is 5.32 Å². The first-order chi connectivity index (χ1) is 15.1. The molecule has 1 saturated heterocycles. The summed E-state index contributed by atoms with van der Waals surface area (Å²) in [5.41, 5.74) is 8.36. The van der Waals surface area contributed by atoms with E-state index in [1.807, 2.05) is 11.4 Å². The number of piperidine rings is 1. The van der Waals surface area contributed by atoms with Crippen LogP contribution in [-0.2, 0) is 16.6 Å². The van der Waals surface area contributed by atoms with Gasteiger partial charge in [0.05, 0.1) is 30.7 Å². The molecule has 11 heteroatoms. The van der Waals surface area contributed by atoms with Gasteiger partial charge in [0.2, 0.25) is 10.0 Å². The first kappa shape index (κ1) is 22.6. The van der Waals surface area contributed by atoms with Gasteiger partial charge in [0, 0.05) is 28.7 Å². The van der Waals surface area contributed by atoms with Gasteiger partial charge < -0.3 is 15.8 Å². The van der Waals surface area contributed by atoms with Gasteiger partial charge >= 0.3 is 6.03 Å². The highest BCUT2D eigenvalue weighted by molar-refractivity contribution is 7.88. The lowest BCUT2D eigenvalue weighted by Gasteiger charge is -2.32. The fourth-order valence-electron chi connectivity index (χ4n) is 3.99. The molecule has 0 aliphatic carbocycles. The zero-order valence-corrected chi connectivity index (χ0v) is 19.4. The van der Waals surface area contributed by atoms with Crippen molar-refractivity contribution in [3.05, 3.63) is 51.6 Å². The van der Waals surface area contributed by atoms with Crippen molar-refractivity contribution >= 4 is 38.8 Å². The molecule has 2 aliphatic heterocycles. The van der Waals surface area contributed by atoms with Crippen LogP contribution in [0, 0.1) is 5.82 Å². The number of urea groups is 1. The van der Waals surface area contributed by atoms with Crippen LogP contribution >= 0.6 is 11.3 Å². The van der Waals surface area contributed by atoms with Crippen molar-refractivity contribution in [3.63, 3.8) is 0 Å². The minimum atomic E-state index is -3.33. The second kappa shape index (κ2) is 8.72. The molecule has 1 unspecified atom stereocenters. The van der Waals surface area contributed by atoms with Crippen LogP contribution in [0.5, 0.6) is 5.75 Å². The van der Waals surface area contributed by atoms with Crippen LogP contribution in [-0.4, -0.2) is 49.1 Å². The Hall–Kier alpha value is -2.63. The van der Waals surface area contributed by atoms with Crippen LogP contribution in [0.25, 0.3) is 5.70 Å². The first-order valence-corrected chi connectivity index (χ1v) is 12.9. The van der Waals surface area contributed by atoms with E-state index in [9.17, 15) is 17.6 Å². The lowest BCUT2D eigenvalue weighted by molar-refractivity contribution is 0.130. The third-order valence-corrected chi connectivity index (χ3v) is 7.83. The van der Waals surface area contributed by atoms with E-state index in [-0.39, 0.29) is 12.3 Å². The van der Waals surface area contributed by atoms with Crippen LogP contribution in [0.15, 0.2) is 35.3 Å². The van der Waals surface area contributed by atoms with Crippen LogP contribution in [0.3, 0.4) is 0 Å². The van der Waals surface area contributed by atoms with E-state index in [0.29, 0.717) is 43.0 Å². The number of amides is 2. The number of ether oxygens (including phenoxy) is 1. The van der Waals surface area contributed by atoms with Gasteiger partial charge in [0.15, 0.2) is 0 Å². The summed E-state index contributed by atoms with van der Waals surface area (Å²) >= 11 is 1.52. The number of benzene rings is 1. The van der Waals surface area contributed by atoms with Gasteiger partial charge in [0.1, 0.15) is 17.7 Å². The molecule has 1 aromatic carbocycles. The largest absolute Gasteiger partial charge is 0.487 e. The molecule has 2 amide bonds. The average Bonchev–Trinajstić information content (AvgIpc) is 3.19. The summed E-state index contributed by atoms with van der Waals surface area (Å²) in [6, 6.07) is 5.56. The zero-order chi connectivity index (χ0) is 23.0. The molecule has 3 N–H and O–H groups in total. The van der Waals surface area contributed by atoms with Crippen molar-refractivity contribution in [2.24, 2.45) is 5.73 Å². The number of carbonyl (C=O) groups is 1. The maximum atomic E-state index is 14.1. The number of nitrogens with one attached hydrogen (secondary N) is 1. The van der Waals surface area contributed by atoms with Crippen LogP contribution < -0.4 is 15.8 Å². The molecule has 0 saturated carbocycles. The Labute approximate surface area is 190 Å². The molecule has 3 heterocycles. The van der Waals surface area contributed by atoms with Crippen LogP contribution in [0.2, 0.25) is 0 Å². The maximum absolute atomic E-state index is 14.1. The number of thiophene rings is 1. The van der Waals surface area contributed by atoms with Gasteiger partial charge in [-0.1, -0.05) is 0 Å². The molecule has 8 nitrogen and oxygen atoms in total. The molecular formula is C21H25FN4O4S2. The second-order valence-electron chi connectivity index (χ2n) is 7.91. The smallest absolute Gasteiger partial charge is 0.319 e. The third-order valence-electron chi connectivity index (χ3n) is 5.66. The predicted octanol–water partition coefficient (Wildman–Crippen LogP) is 3.38. The monoisotopic (exact) mass is 480 g/mol. The maximum Gasteiger partial charge on any atom is 0.319 e. The van der Waals surface area contributed by atoms with Gasteiger partial charge in [0.25, 0.3) is 0 Å². The summed E-state index contributed by atoms with van der Waals surface area (Å²) < 4.78 is 45.4. The summed E-state index contributed by atoms with van der Waals surface area (Å²) in [6.07, 6.45) is 2.09. The fraction of sp³-hybridized carbons (Fsp3) is 0.381. The van der Waals surface area contributed by atoms with Crippen LogP contribution in [0.1, 0.15) is 30.2 Å². The summed E-state index contributed by atoms with van der Waals surface area (Å²) in [7, 11) is -3.33. The Morgan fingerprint density at radius 3 is 2.84 bits per heavy atom. The van der Waals surface area contributed by atoms with E-state index in [0.717, 1.165) is 10.4 Å². The minimum Gasteiger partial charge on any atom is -0.487 e. The molecule has 2 aromatic rings. The zero-order valence-electron chi connectivity index (χ0n) is 17.8. The molecule has 172 valence electrons. The Balaban J connectivity index is 1.64. The third kappa shape index (κ3) is 4.59. The molecule has 0 radical (unpaired) electrons. The molecule has 1 atom stereocenters. The van der Waals surface area contributed by atoms with Crippen LogP contribution in [0.4, 0.5) is 14.9 Å². The Bertz CT molecular complexity index is 1180. The number of hydrogen-bond acceptors (Lipinski definition) is 6. The van der Waals surface area contributed by atoms with E-state index in [4.69, 9.17) is 10.5 Å². The standard InChI is InChI=1S/C21H25FN4O4S2/c1-13-20(16-7-9-31-19(16)12-26(13)21(23)27)24-17-6-5-14(22)10-18(17)30-15-4-3-8-25(11-15)32(2,28)29/h5-7,9-10,15,24H,3-4,8,11-12H2,1-2H3,(H2,23,27). The average molecular weight is 481 g/mol. The number of carbonyl (C=O) groups excluding carboxylic acids is 1. The highest BCUT2D eigenvalue weighted by atomic mass is 32.2. The first-order valence-electron chi connectivity index (χ1n) is 10.2. The number of nitrogens with two attached hydrogens (primary N) is 1. The number of allylic oxidation sites excluding steroid dienone is 1. The van der Waals surface area contributed by atoms with Crippen molar-refractivity contribution in [2.75, 3.05) is 24.7 Å². The molecule has 1 aromatic heterocycles. The SMILES string of the molecule is CC1=C(Nc2ccc(F)cc2OC2CCCN(S(C)(=O)=O)C2)c2ccsc2CN1C(N)=O. The highest BCUT2D eigenvalue weighted by Gasteiger charge is 2.29. The molecule has 1 fully saturated rings. The van der Waals surface area contributed by atoms with Gasteiger partial charge in [-0.25, -0.2) is 17.6 Å². The quantitative estimate of drug-likeness (QED) is 0.683. The van der Waals surface area contributed by atoms with E-state index >= 15 is 0 Å². The molecule has 4 rings (SSSR count). The van der Waals surface area contributed by atoms with Crippen molar-refractivity contribution in [3.8, 4) is 5.75 Å². The lowest BCUT2D eigenvalue weighted by Crippen LogP contribution is -2.43. The van der Waals surface area contributed by atoms with Crippen molar-refractivity contribution in [1.29, 1.82) is 0 Å². The minimum absolute atomic E-state index is 0.209. The summed E-state index contributed by atoms with van der Waals surface area (Å²) in [4.78, 5) is 14.4. The Morgan fingerprint density at radius 2 is 2.12 bits per heavy atom. The number of sulfonamides is 1. The molecule has 0 spiro atoms. The number of nitrogens with zero attached hydrogens (tertiary/aromatic N) is 2. The van der Waals surface area contributed by atoms with Gasteiger partial charge in [-0.05, 0) is 43.3 Å². The van der Waals surface area contributed by atoms with Gasteiger partial charge in [-0.2, -0.15) is 4.31 Å². The van der Waals surface area contributed by atoms with E-state index in [1.165, 1.54) is 38.9 Å². The van der Waals surface area contributed by atoms with Crippen molar-refractivity contribution in [2.45, 2.75) is 32.4 Å². The molecule has 0 bridgehead atoms.